The summed E-state index contributed by atoms with van der Waals surface area (Å²) in [6.45, 7) is 1.34. The van der Waals surface area contributed by atoms with Gasteiger partial charge in [0, 0.05) is 18.6 Å². The topological polar surface area (TPSA) is 71.7 Å². The predicted octanol–water partition coefficient (Wildman–Crippen LogP) is 3.19. The van der Waals surface area contributed by atoms with Crippen molar-refractivity contribution in [1.29, 1.82) is 0 Å². The van der Waals surface area contributed by atoms with Crippen LogP contribution in [0.1, 0.15) is 12.7 Å². The molecule has 7 heteroatoms. The Morgan fingerprint density at radius 2 is 2.00 bits per heavy atom. The molecule has 0 saturated carbocycles. The number of nitrogens with one attached hydrogen (secondary N) is 1. The SMILES string of the molecule is CC(=O)NC1=NC(=O)C(=Cc2ccc(-c3ccc(F)cc3)o2)S1. The van der Waals surface area contributed by atoms with Crippen LogP contribution in [-0.2, 0) is 9.59 Å². The van der Waals surface area contributed by atoms with Gasteiger partial charge in [0.25, 0.3) is 5.91 Å². The van der Waals surface area contributed by atoms with Crippen molar-refractivity contribution in [3.63, 3.8) is 0 Å². The Hall–Kier alpha value is -2.67. The molecule has 2 amide bonds. The molecule has 0 aliphatic carbocycles. The average molecular weight is 330 g/mol. The van der Waals surface area contributed by atoms with Gasteiger partial charge in [0.2, 0.25) is 5.91 Å². The highest BCUT2D eigenvalue weighted by atomic mass is 32.2. The molecular formula is C16H11FN2O3S. The van der Waals surface area contributed by atoms with Crippen LogP contribution in [0.4, 0.5) is 4.39 Å². The summed E-state index contributed by atoms with van der Waals surface area (Å²) in [5, 5.41) is 2.72. The van der Waals surface area contributed by atoms with E-state index >= 15 is 0 Å². The fourth-order valence-corrected chi connectivity index (χ4v) is 2.78. The summed E-state index contributed by atoms with van der Waals surface area (Å²) in [4.78, 5) is 26.8. The normalized spacial score (nSPS) is 15.8. The zero-order valence-electron chi connectivity index (χ0n) is 12.0. The highest BCUT2D eigenvalue weighted by Crippen LogP contribution is 2.29. The van der Waals surface area contributed by atoms with Crippen LogP contribution >= 0.6 is 11.8 Å². The second-order valence-electron chi connectivity index (χ2n) is 4.72. The van der Waals surface area contributed by atoms with E-state index in [2.05, 4.69) is 10.3 Å². The number of hydrogen-bond donors (Lipinski definition) is 1. The Morgan fingerprint density at radius 1 is 1.26 bits per heavy atom. The van der Waals surface area contributed by atoms with Crippen LogP contribution in [0, 0.1) is 5.82 Å². The Bertz CT molecular complexity index is 837. The quantitative estimate of drug-likeness (QED) is 0.859. The summed E-state index contributed by atoms with van der Waals surface area (Å²) in [5.41, 5.74) is 0.733. The monoisotopic (exact) mass is 330 g/mol. The fraction of sp³-hybridized carbons (Fsp3) is 0.0625. The summed E-state index contributed by atoms with van der Waals surface area (Å²) >= 11 is 1.07. The van der Waals surface area contributed by atoms with Crippen LogP contribution in [0.25, 0.3) is 17.4 Å². The van der Waals surface area contributed by atoms with Crippen molar-refractivity contribution in [1.82, 2.24) is 5.32 Å². The van der Waals surface area contributed by atoms with Crippen molar-refractivity contribution in [2.45, 2.75) is 6.92 Å². The van der Waals surface area contributed by atoms with Gasteiger partial charge in [-0.15, -0.1) is 0 Å². The molecule has 2 aromatic rings. The lowest BCUT2D eigenvalue weighted by molar-refractivity contribution is -0.117. The summed E-state index contributed by atoms with van der Waals surface area (Å²) in [6.07, 6.45) is 1.55. The van der Waals surface area contributed by atoms with Crippen molar-refractivity contribution < 1.29 is 18.4 Å². The van der Waals surface area contributed by atoms with Crippen molar-refractivity contribution in [3.05, 3.63) is 52.9 Å². The third kappa shape index (κ3) is 3.57. The Kier molecular flexibility index (Phi) is 4.12. The van der Waals surface area contributed by atoms with E-state index in [1.54, 1.807) is 30.3 Å². The van der Waals surface area contributed by atoms with Crippen LogP contribution in [0.3, 0.4) is 0 Å². The first-order chi connectivity index (χ1) is 11.0. The molecule has 0 radical (unpaired) electrons. The number of carbonyl (C=O) groups excluding carboxylic acids is 2. The molecule has 3 rings (SSSR count). The van der Waals surface area contributed by atoms with E-state index in [0.29, 0.717) is 16.4 Å². The fourth-order valence-electron chi connectivity index (χ4n) is 1.94. The number of halogens is 1. The van der Waals surface area contributed by atoms with Gasteiger partial charge < -0.3 is 9.73 Å². The summed E-state index contributed by atoms with van der Waals surface area (Å²) < 4.78 is 18.6. The van der Waals surface area contributed by atoms with Crippen molar-refractivity contribution in [3.8, 4) is 11.3 Å². The molecular weight excluding hydrogens is 319 g/mol. The molecule has 23 heavy (non-hydrogen) atoms. The molecule has 0 bridgehead atoms. The maximum absolute atomic E-state index is 12.9. The van der Waals surface area contributed by atoms with E-state index in [4.69, 9.17) is 4.42 Å². The molecule has 116 valence electrons. The van der Waals surface area contributed by atoms with Gasteiger partial charge in [-0.3, -0.25) is 9.59 Å². The van der Waals surface area contributed by atoms with Gasteiger partial charge in [-0.05, 0) is 48.2 Å². The van der Waals surface area contributed by atoms with Crippen LogP contribution in [0.5, 0.6) is 0 Å². The van der Waals surface area contributed by atoms with Crippen LogP contribution < -0.4 is 5.32 Å². The summed E-state index contributed by atoms with van der Waals surface area (Å²) in [6, 6.07) is 9.35. The molecule has 0 fully saturated rings. The lowest BCUT2D eigenvalue weighted by Gasteiger charge is -1.97. The molecule has 1 N–H and O–H groups in total. The number of benzene rings is 1. The van der Waals surface area contributed by atoms with Crippen molar-refractivity contribution >= 4 is 34.8 Å². The molecule has 0 saturated heterocycles. The minimum atomic E-state index is -0.432. The van der Waals surface area contributed by atoms with E-state index in [1.165, 1.54) is 19.1 Å². The maximum Gasteiger partial charge on any atom is 0.286 e. The molecule has 0 atom stereocenters. The van der Waals surface area contributed by atoms with Crippen molar-refractivity contribution in [2.24, 2.45) is 4.99 Å². The summed E-state index contributed by atoms with van der Waals surface area (Å²) in [5.74, 6) is -0.00613. The number of nitrogens with zero attached hydrogens (tertiary/aromatic N) is 1. The van der Waals surface area contributed by atoms with E-state index < -0.39 is 5.91 Å². The number of amidine groups is 1. The zero-order chi connectivity index (χ0) is 16.4. The van der Waals surface area contributed by atoms with Crippen LogP contribution in [0.15, 0.2) is 50.7 Å². The maximum atomic E-state index is 12.9. The predicted molar refractivity (Wildman–Crippen MR) is 85.9 cm³/mol. The second kappa shape index (κ2) is 6.21. The number of rotatable bonds is 2. The minimum Gasteiger partial charge on any atom is -0.457 e. The Morgan fingerprint density at radius 3 is 2.70 bits per heavy atom. The molecule has 1 aromatic heterocycles. The number of thioether (sulfide) groups is 1. The van der Waals surface area contributed by atoms with Crippen molar-refractivity contribution in [2.75, 3.05) is 0 Å². The summed E-state index contributed by atoms with van der Waals surface area (Å²) in [7, 11) is 0. The molecule has 0 spiro atoms. The third-order valence-corrected chi connectivity index (χ3v) is 3.83. The number of furan rings is 1. The van der Waals surface area contributed by atoms with Crippen LogP contribution in [0.2, 0.25) is 0 Å². The lowest BCUT2D eigenvalue weighted by Crippen LogP contribution is -2.23. The van der Waals surface area contributed by atoms with E-state index in [0.717, 1.165) is 17.3 Å². The van der Waals surface area contributed by atoms with Gasteiger partial charge in [0.1, 0.15) is 17.3 Å². The second-order valence-corrected chi connectivity index (χ2v) is 5.75. The van der Waals surface area contributed by atoms with Gasteiger partial charge in [0.15, 0.2) is 5.17 Å². The number of aliphatic imine (C=N–C) groups is 1. The zero-order valence-corrected chi connectivity index (χ0v) is 12.8. The van der Waals surface area contributed by atoms with Gasteiger partial charge in [0.05, 0.1) is 4.91 Å². The number of hydrogen-bond acceptors (Lipinski definition) is 4. The Labute approximate surface area is 135 Å². The van der Waals surface area contributed by atoms with Gasteiger partial charge in [-0.2, -0.15) is 4.99 Å². The standard InChI is InChI=1S/C16H11FN2O3S/c1-9(20)18-16-19-15(21)14(23-16)8-12-6-7-13(22-12)10-2-4-11(17)5-3-10/h2-8H,1H3,(H,18,19,20,21). The van der Waals surface area contributed by atoms with Gasteiger partial charge in [-0.1, -0.05) is 0 Å². The first kappa shape index (κ1) is 15.2. The number of carbonyl (C=O) groups is 2. The lowest BCUT2D eigenvalue weighted by atomic mass is 10.2. The highest BCUT2D eigenvalue weighted by Gasteiger charge is 2.23. The molecule has 2 heterocycles. The molecule has 1 aromatic carbocycles. The van der Waals surface area contributed by atoms with Gasteiger partial charge >= 0.3 is 0 Å². The Balaban J connectivity index is 1.78. The largest absolute Gasteiger partial charge is 0.457 e. The van der Waals surface area contributed by atoms with E-state index in [9.17, 15) is 14.0 Å². The molecule has 1 aliphatic rings. The van der Waals surface area contributed by atoms with Crippen LogP contribution in [-0.4, -0.2) is 17.0 Å². The third-order valence-electron chi connectivity index (χ3n) is 2.93. The minimum absolute atomic E-state index is 0.249. The van der Waals surface area contributed by atoms with Gasteiger partial charge in [-0.25, -0.2) is 4.39 Å². The first-order valence-corrected chi connectivity index (χ1v) is 7.49. The molecule has 1 aliphatic heterocycles. The first-order valence-electron chi connectivity index (χ1n) is 6.67. The molecule has 5 nitrogen and oxygen atoms in total. The molecule has 0 unspecified atom stereocenters. The van der Waals surface area contributed by atoms with E-state index in [-0.39, 0.29) is 16.9 Å². The smallest absolute Gasteiger partial charge is 0.286 e. The average Bonchev–Trinajstić information content (AvgIpc) is 3.07. The van der Waals surface area contributed by atoms with E-state index in [1.807, 2.05) is 0 Å². The highest BCUT2D eigenvalue weighted by molar-refractivity contribution is 8.18. The number of amides is 2.